The molecule has 0 aliphatic carbocycles. The Morgan fingerprint density at radius 1 is 1.20 bits per heavy atom. The van der Waals surface area contributed by atoms with Gasteiger partial charge in [0.15, 0.2) is 17.1 Å². The Morgan fingerprint density at radius 2 is 1.88 bits per heavy atom. The van der Waals surface area contributed by atoms with Gasteiger partial charge in [0.05, 0.1) is 10.2 Å². The molecule has 2 aromatic carbocycles. The summed E-state index contributed by atoms with van der Waals surface area (Å²) in [6, 6.07) is 11.0. The molecule has 0 saturated heterocycles. The zero-order valence-corrected chi connectivity index (χ0v) is 14.4. The standard InChI is InChI=1S/C18H15NO5S/c1-18(2,17(20)21)24-11-5-3-10(4-6-11)16-19-12-7-13-14(23-9-22-13)8-15(12)25-16/h3-8H,9H2,1-2H3,(H,20,21). The van der Waals surface area contributed by atoms with Crippen LogP contribution in [-0.4, -0.2) is 28.5 Å². The molecular weight excluding hydrogens is 342 g/mol. The van der Waals surface area contributed by atoms with Crippen molar-refractivity contribution in [3.63, 3.8) is 0 Å². The number of nitrogens with zero attached hydrogens (tertiary/aromatic N) is 1. The highest BCUT2D eigenvalue weighted by Gasteiger charge is 2.29. The van der Waals surface area contributed by atoms with E-state index in [4.69, 9.17) is 19.3 Å². The van der Waals surface area contributed by atoms with E-state index >= 15 is 0 Å². The van der Waals surface area contributed by atoms with Crippen LogP contribution in [0.15, 0.2) is 36.4 Å². The van der Waals surface area contributed by atoms with Crippen LogP contribution in [0.25, 0.3) is 20.8 Å². The Labute approximate surface area is 147 Å². The van der Waals surface area contributed by atoms with Crippen LogP contribution in [0.1, 0.15) is 13.8 Å². The summed E-state index contributed by atoms with van der Waals surface area (Å²) in [5.41, 5.74) is 0.512. The second-order valence-corrected chi connectivity index (χ2v) is 7.16. The number of rotatable bonds is 4. The normalized spacial score (nSPS) is 13.2. The summed E-state index contributed by atoms with van der Waals surface area (Å²) >= 11 is 1.56. The van der Waals surface area contributed by atoms with Gasteiger partial charge in [-0.2, -0.15) is 0 Å². The lowest BCUT2D eigenvalue weighted by molar-refractivity contribution is -0.152. The van der Waals surface area contributed by atoms with Gasteiger partial charge in [0.2, 0.25) is 6.79 Å². The summed E-state index contributed by atoms with van der Waals surface area (Å²) in [4.78, 5) is 15.8. The van der Waals surface area contributed by atoms with Gasteiger partial charge in [0.1, 0.15) is 10.8 Å². The predicted octanol–water partition coefficient (Wildman–Crippen LogP) is 3.93. The first kappa shape index (κ1) is 15.7. The van der Waals surface area contributed by atoms with E-state index in [0.717, 1.165) is 26.5 Å². The van der Waals surface area contributed by atoms with E-state index in [-0.39, 0.29) is 6.79 Å². The summed E-state index contributed by atoms with van der Waals surface area (Å²) in [7, 11) is 0. The van der Waals surface area contributed by atoms with Gasteiger partial charge in [-0.1, -0.05) is 0 Å². The van der Waals surface area contributed by atoms with Crippen molar-refractivity contribution in [1.82, 2.24) is 4.98 Å². The molecule has 0 bridgehead atoms. The average molecular weight is 357 g/mol. The Hall–Kier alpha value is -2.80. The maximum absolute atomic E-state index is 11.1. The van der Waals surface area contributed by atoms with Crippen molar-refractivity contribution < 1.29 is 24.1 Å². The quantitative estimate of drug-likeness (QED) is 0.762. The maximum Gasteiger partial charge on any atom is 0.347 e. The van der Waals surface area contributed by atoms with E-state index in [1.165, 1.54) is 13.8 Å². The molecule has 7 heteroatoms. The molecule has 2 heterocycles. The zero-order chi connectivity index (χ0) is 17.6. The third kappa shape index (κ3) is 2.87. The fourth-order valence-corrected chi connectivity index (χ4v) is 3.43. The third-order valence-electron chi connectivity index (χ3n) is 3.87. The van der Waals surface area contributed by atoms with Crippen LogP contribution in [0.4, 0.5) is 0 Å². The van der Waals surface area contributed by atoms with Crippen LogP contribution >= 0.6 is 11.3 Å². The highest BCUT2D eigenvalue weighted by Crippen LogP contribution is 2.40. The van der Waals surface area contributed by atoms with Gasteiger partial charge in [0.25, 0.3) is 0 Å². The SMILES string of the molecule is CC(C)(Oc1ccc(-c2nc3cc4c(cc3s2)OCO4)cc1)C(=O)O. The van der Waals surface area contributed by atoms with E-state index in [2.05, 4.69) is 4.98 Å². The fourth-order valence-electron chi connectivity index (χ4n) is 2.45. The first-order chi connectivity index (χ1) is 11.9. The van der Waals surface area contributed by atoms with E-state index in [0.29, 0.717) is 11.5 Å². The number of hydrogen-bond donors (Lipinski definition) is 1. The number of aromatic nitrogens is 1. The number of aliphatic carboxylic acids is 1. The molecule has 0 unspecified atom stereocenters. The van der Waals surface area contributed by atoms with Gasteiger partial charge >= 0.3 is 5.97 Å². The molecule has 0 fully saturated rings. The second kappa shape index (κ2) is 5.63. The Morgan fingerprint density at radius 3 is 2.56 bits per heavy atom. The number of carboxylic acid groups (broad SMARTS) is 1. The van der Waals surface area contributed by atoms with Gasteiger partial charge in [-0.05, 0) is 38.1 Å². The Kier molecular flexibility index (Phi) is 3.54. The van der Waals surface area contributed by atoms with Gasteiger partial charge < -0.3 is 19.3 Å². The molecule has 3 aromatic rings. The van der Waals surface area contributed by atoms with Crippen molar-refractivity contribution >= 4 is 27.5 Å². The van der Waals surface area contributed by atoms with Gasteiger partial charge in [-0.15, -0.1) is 11.3 Å². The number of fused-ring (bicyclic) bond motifs is 2. The second-order valence-electron chi connectivity index (χ2n) is 6.13. The number of thiazole rings is 1. The fraction of sp³-hybridized carbons (Fsp3) is 0.222. The Bertz CT molecular complexity index is 921. The van der Waals surface area contributed by atoms with Crippen molar-refractivity contribution in [2.75, 3.05) is 6.79 Å². The molecule has 1 aliphatic rings. The number of benzene rings is 2. The largest absolute Gasteiger partial charge is 0.478 e. The van der Waals surface area contributed by atoms with Crippen molar-refractivity contribution in [3.05, 3.63) is 36.4 Å². The topological polar surface area (TPSA) is 77.9 Å². The Balaban J connectivity index is 1.62. The molecule has 0 radical (unpaired) electrons. The lowest BCUT2D eigenvalue weighted by atomic mass is 10.1. The molecule has 1 aromatic heterocycles. The van der Waals surface area contributed by atoms with Gasteiger partial charge in [-0.25, -0.2) is 9.78 Å². The molecule has 4 rings (SSSR count). The van der Waals surface area contributed by atoms with Crippen molar-refractivity contribution in [3.8, 4) is 27.8 Å². The summed E-state index contributed by atoms with van der Waals surface area (Å²) < 4.78 is 17.3. The minimum absolute atomic E-state index is 0.244. The minimum atomic E-state index is -1.28. The van der Waals surface area contributed by atoms with E-state index < -0.39 is 11.6 Å². The third-order valence-corrected chi connectivity index (χ3v) is 4.94. The highest BCUT2D eigenvalue weighted by atomic mass is 32.1. The molecule has 128 valence electrons. The molecule has 1 aliphatic heterocycles. The molecule has 0 amide bonds. The molecule has 0 atom stereocenters. The zero-order valence-electron chi connectivity index (χ0n) is 13.6. The summed E-state index contributed by atoms with van der Waals surface area (Å²) in [6.07, 6.45) is 0. The highest BCUT2D eigenvalue weighted by molar-refractivity contribution is 7.21. The first-order valence-corrected chi connectivity index (χ1v) is 8.47. The smallest absolute Gasteiger partial charge is 0.347 e. The lowest BCUT2D eigenvalue weighted by Gasteiger charge is -2.21. The van der Waals surface area contributed by atoms with E-state index in [1.807, 2.05) is 24.3 Å². The molecule has 0 saturated carbocycles. The first-order valence-electron chi connectivity index (χ1n) is 7.65. The van der Waals surface area contributed by atoms with Gasteiger partial charge in [0, 0.05) is 17.7 Å². The summed E-state index contributed by atoms with van der Waals surface area (Å²) in [5.74, 6) is 0.935. The van der Waals surface area contributed by atoms with Crippen LogP contribution < -0.4 is 14.2 Å². The molecule has 1 N–H and O–H groups in total. The number of hydrogen-bond acceptors (Lipinski definition) is 6. The molecule has 25 heavy (non-hydrogen) atoms. The number of carboxylic acids is 1. The lowest BCUT2D eigenvalue weighted by Crippen LogP contribution is -2.37. The van der Waals surface area contributed by atoms with Crippen LogP contribution in [0.2, 0.25) is 0 Å². The average Bonchev–Trinajstić information content (AvgIpc) is 3.18. The number of ether oxygens (including phenoxy) is 3. The van der Waals surface area contributed by atoms with Crippen molar-refractivity contribution in [1.29, 1.82) is 0 Å². The predicted molar refractivity (Wildman–Crippen MR) is 93.5 cm³/mol. The van der Waals surface area contributed by atoms with Crippen LogP contribution in [0.3, 0.4) is 0 Å². The van der Waals surface area contributed by atoms with Crippen LogP contribution in [0.5, 0.6) is 17.2 Å². The van der Waals surface area contributed by atoms with Crippen LogP contribution in [0, 0.1) is 0 Å². The maximum atomic E-state index is 11.1. The van der Waals surface area contributed by atoms with Crippen molar-refractivity contribution in [2.24, 2.45) is 0 Å². The summed E-state index contributed by atoms with van der Waals surface area (Å²) in [6.45, 7) is 3.27. The minimum Gasteiger partial charge on any atom is -0.478 e. The summed E-state index contributed by atoms with van der Waals surface area (Å²) in [5, 5.41) is 10.00. The van der Waals surface area contributed by atoms with Gasteiger partial charge in [-0.3, -0.25) is 0 Å². The van der Waals surface area contributed by atoms with E-state index in [1.54, 1.807) is 23.5 Å². The van der Waals surface area contributed by atoms with Crippen LogP contribution in [-0.2, 0) is 4.79 Å². The molecule has 6 nitrogen and oxygen atoms in total. The van der Waals surface area contributed by atoms with E-state index in [9.17, 15) is 4.79 Å². The monoisotopic (exact) mass is 357 g/mol. The van der Waals surface area contributed by atoms with Crippen molar-refractivity contribution in [2.45, 2.75) is 19.4 Å². The number of carbonyl (C=O) groups is 1. The molecular formula is C18H15NO5S. The molecule has 0 spiro atoms.